The van der Waals surface area contributed by atoms with Crippen LogP contribution >= 0.6 is 0 Å². The number of nitrogens with zero attached hydrogens (tertiary/aromatic N) is 1. The Morgan fingerprint density at radius 2 is 0.889 bits per heavy atom. The molecular weight excluding hydrogens is 564 g/mol. The molecule has 0 saturated carbocycles. The Labute approximate surface area is 269 Å². The van der Waals surface area contributed by atoms with Crippen LogP contribution < -0.4 is 20.1 Å². The third kappa shape index (κ3) is 14.1. The van der Waals surface area contributed by atoms with Crippen molar-refractivity contribution in [2.45, 2.75) is 110 Å². The predicted molar refractivity (Wildman–Crippen MR) is 182 cm³/mol. The molecule has 0 aliphatic rings. The molecule has 7 nitrogen and oxygen atoms in total. The summed E-state index contributed by atoms with van der Waals surface area (Å²) in [5.74, 6) is 0.999. The maximum absolute atomic E-state index is 12.6. The Hall–Kier alpha value is -4.00. The van der Waals surface area contributed by atoms with Crippen LogP contribution in [0, 0.1) is 0 Å². The number of hydrogen-bond donors (Lipinski definition) is 2. The zero-order chi connectivity index (χ0) is 32.1. The number of unbranched alkanes of at least 4 members (excludes halogenated alkanes) is 15. The van der Waals surface area contributed by atoms with Gasteiger partial charge in [0, 0.05) is 12.2 Å². The third-order valence-corrected chi connectivity index (χ3v) is 7.97. The van der Waals surface area contributed by atoms with E-state index in [0.29, 0.717) is 35.2 Å². The van der Waals surface area contributed by atoms with Crippen molar-refractivity contribution in [2.24, 2.45) is 5.73 Å². The van der Waals surface area contributed by atoms with Gasteiger partial charge in [-0.3, -0.25) is 9.59 Å². The summed E-state index contributed by atoms with van der Waals surface area (Å²) in [4.78, 5) is 25.8. The number of ether oxygens (including phenoxy) is 2. The van der Waals surface area contributed by atoms with Crippen molar-refractivity contribution in [2.75, 3.05) is 11.4 Å². The number of rotatable bonds is 22. The number of anilines is 1. The average Bonchev–Trinajstić information content (AvgIpc) is 3.05. The Morgan fingerprint density at radius 1 is 0.556 bits per heavy atom. The summed E-state index contributed by atoms with van der Waals surface area (Å²) in [5, 5.41) is 9.41. The first-order valence-corrected chi connectivity index (χ1v) is 16.9. The van der Waals surface area contributed by atoms with E-state index < -0.39 is 11.8 Å². The molecule has 0 aromatic heterocycles. The summed E-state index contributed by atoms with van der Waals surface area (Å²) in [6, 6.07) is 20.8. The summed E-state index contributed by atoms with van der Waals surface area (Å²) in [7, 11) is 0. The van der Waals surface area contributed by atoms with E-state index in [0.717, 1.165) is 19.3 Å². The van der Waals surface area contributed by atoms with Gasteiger partial charge in [0.15, 0.2) is 0 Å². The van der Waals surface area contributed by atoms with Crippen molar-refractivity contribution in [3.05, 3.63) is 72.8 Å². The molecule has 3 aromatic rings. The zero-order valence-corrected chi connectivity index (χ0v) is 27.1. The Kier molecular flexibility index (Phi) is 16.4. The topological polar surface area (TPSA) is 102 Å². The summed E-state index contributed by atoms with van der Waals surface area (Å²) in [6.45, 7) is 2.71. The number of benzene rings is 3. The number of hydrogen-bond acceptors (Lipinski definition) is 5. The zero-order valence-electron chi connectivity index (χ0n) is 27.1. The molecule has 0 saturated heterocycles. The van der Waals surface area contributed by atoms with Gasteiger partial charge >= 0.3 is 11.8 Å². The second-order valence-corrected chi connectivity index (χ2v) is 11.8. The predicted octanol–water partition coefficient (Wildman–Crippen LogP) is 10.1. The largest absolute Gasteiger partial charge is 0.508 e. The standard InChI is InChI=1S/C38H52N2O5/c1-2-3-4-5-6-7-8-9-10-11-12-13-14-15-16-17-30-40(38(43)37(39)42)31-18-22-33(23-19-31)44-35-26-28-36(29-27-35)45-34-24-20-32(41)21-25-34/h18-29,41H,2-17,30H2,1H3,(H2,39,42). The number of carbonyl (C=O) groups excluding carboxylic acids is 2. The highest BCUT2D eigenvalue weighted by Crippen LogP contribution is 2.29. The minimum Gasteiger partial charge on any atom is -0.508 e. The van der Waals surface area contributed by atoms with Crippen molar-refractivity contribution < 1.29 is 24.2 Å². The smallest absolute Gasteiger partial charge is 0.316 e. The van der Waals surface area contributed by atoms with Gasteiger partial charge in [-0.15, -0.1) is 0 Å². The van der Waals surface area contributed by atoms with Crippen molar-refractivity contribution in [1.82, 2.24) is 0 Å². The molecule has 0 fully saturated rings. The minimum atomic E-state index is -0.957. The van der Waals surface area contributed by atoms with Crippen LogP contribution in [0.5, 0.6) is 28.7 Å². The summed E-state index contributed by atoms with van der Waals surface area (Å²) < 4.78 is 11.7. The van der Waals surface area contributed by atoms with Gasteiger partial charge in [-0.05, 0) is 79.2 Å². The Balaban J connectivity index is 1.34. The molecule has 244 valence electrons. The second kappa shape index (κ2) is 20.9. The van der Waals surface area contributed by atoms with Gasteiger partial charge in [0.25, 0.3) is 0 Å². The monoisotopic (exact) mass is 616 g/mol. The number of phenolic OH excluding ortho intramolecular Hbond substituents is 1. The van der Waals surface area contributed by atoms with Gasteiger partial charge in [-0.25, -0.2) is 0 Å². The molecule has 0 spiro atoms. The molecule has 0 aliphatic carbocycles. The van der Waals surface area contributed by atoms with E-state index in [2.05, 4.69) is 6.92 Å². The average molecular weight is 617 g/mol. The molecule has 0 atom stereocenters. The molecule has 7 heteroatoms. The Bertz CT molecular complexity index is 1240. The molecule has 2 amide bonds. The van der Waals surface area contributed by atoms with Gasteiger partial charge in [0.05, 0.1) is 0 Å². The summed E-state index contributed by atoms with van der Waals surface area (Å²) in [6.07, 6.45) is 20.5. The molecule has 0 aliphatic heterocycles. The van der Waals surface area contributed by atoms with Gasteiger partial charge in [0.2, 0.25) is 0 Å². The molecule has 0 heterocycles. The fourth-order valence-corrected chi connectivity index (χ4v) is 5.36. The fraction of sp³-hybridized carbons (Fsp3) is 0.474. The van der Waals surface area contributed by atoms with Gasteiger partial charge in [-0.2, -0.15) is 0 Å². The molecule has 0 bridgehead atoms. The van der Waals surface area contributed by atoms with E-state index in [1.165, 1.54) is 88.4 Å². The molecule has 3 N–H and O–H groups in total. The van der Waals surface area contributed by atoms with E-state index in [9.17, 15) is 14.7 Å². The van der Waals surface area contributed by atoms with E-state index in [-0.39, 0.29) is 5.75 Å². The second-order valence-electron chi connectivity index (χ2n) is 11.8. The first-order valence-electron chi connectivity index (χ1n) is 16.9. The Morgan fingerprint density at radius 3 is 1.27 bits per heavy atom. The third-order valence-electron chi connectivity index (χ3n) is 7.97. The van der Waals surface area contributed by atoms with Crippen molar-refractivity contribution >= 4 is 17.5 Å². The van der Waals surface area contributed by atoms with E-state index in [1.807, 2.05) is 0 Å². The van der Waals surface area contributed by atoms with Crippen LogP contribution in [-0.2, 0) is 9.59 Å². The molecule has 45 heavy (non-hydrogen) atoms. The van der Waals surface area contributed by atoms with Crippen LogP contribution in [0.3, 0.4) is 0 Å². The van der Waals surface area contributed by atoms with Crippen molar-refractivity contribution in [3.8, 4) is 28.7 Å². The van der Waals surface area contributed by atoms with E-state index in [4.69, 9.17) is 15.2 Å². The molecule has 3 aromatic carbocycles. The lowest BCUT2D eigenvalue weighted by Gasteiger charge is -2.21. The first kappa shape index (κ1) is 35.5. The minimum absolute atomic E-state index is 0.180. The van der Waals surface area contributed by atoms with Crippen LogP contribution in [0.4, 0.5) is 5.69 Å². The lowest BCUT2D eigenvalue weighted by atomic mass is 10.0. The normalized spacial score (nSPS) is 10.9. The number of aromatic hydroxyl groups is 1. The van der Waals surface area contributed by atoms with E-state index >= 15 is 0 Å². The van der Waals surface area contributed by atoms with Crippen LogP contribution in [0.2, 0.25) is 0 Å². The first-order chi connectivity index (χ1) is 22.0. The number of phenols is 1. The van der Waals surface area contributed by atoms with Gasteiger partial charge < -0.3 is 25.2 Å². The SMILES string of the molecule is CCCCCCCCCCCCCCCCCCN(C(=O)C(N)=O)c1ccc(Oc2ccc(Oc3ccc(O)cc3)cc2)cc1. The molecular formula is C38H52N2O5. The summed E-state index contributed by atoms with van der Waals surface area (Å²) in [5.41, 5.74) is 5.97. The fourth-order valence-electron chi connectivity index (χ4n) is 5.36. The number of carbonyl (C=O) groups is 2. The maximum atomic E-state index is 12.6. The molecule has 3 rings (SSSR count). The van der Waals surface area contributed by atoms with Crippen LogP contribution in [-0.4, -0.2) is 23.5 Å². The molecule has 0 radical (unpaired) electrons. The van der Waals surface area contributed by atoms with Crippen LogP contribution in [0.25, 0.3) is 0 Å². The van der Waals surface area contributed by atoms with Crippen molar-refractivity contribution in [3.63, 3.8) is 0 Å². The summed E-state index contributed by atoms with van der Waals surface area (Å²) >= 11 is 0. The number of nitrogens with two attached hydrogens (primary N) is 1. The number of primary amides is 1. The lowest BCUT2D eigenvalue weighted by molar-refractivity contribution is -0.135. The van der Waals surface area contributed by atoms with Gasteiger partial charge in [-0.1, -0.05) is 103 Å². The van der Waals surface area contributed by atoms with Crippen LogP contribution in [0.1, 0.15) is 110 Å². The maximum Gasteiger partial charge on any atom is 0.316 e. The highest BCUT2D eigenvalue weighted by Gasteiger charge is 2.20. The highest BCUT2D eigenvalue weighted by molar-refractivity contribution is 6.39. The van der Waals surface area contributed by atoms with E-state index in [1.54, 1.807) is 72.8 Å². The van der Waals surface area contributed by atoms with Gasteiger partial charge in [0.1, 0.15) is 28.7 Å². The highest BCUT2D eigenvalue weighted by atomic mass is 16.5. The quantitative estimate of drug-likeness (QED) is 0.0864. The van der Waals surface area contributed by atoms with Crippen molar-refractivity contribution in [1.29, 1.82) is 0 Å². The van der Waals surface area contributed by atoms with Crippen LogP contribution in [0.15, 0.2) is 72.8 Å². The molecule has 0 unspecified atom stereocenters. The lowest BCUT2D eigenvalue weighted by Crippen LogP contribution is -2.41. The number of amides is 2.